The number of nitrogens with two attached hydrogens (primary N) is 1. The highest BCUT2D eigenvalue weighted by molar-refractivity contribution is 7.16. The van der Waals surface area contributed by atoms with E-state index in [4.69, 9.17) is 0 Å². The number of nitrogens with one attached hydrogen (secondary N) is 1. The summed E-state index contributed by atoms with van der Waals surface area (Å²) in [6.45, 7) is 4.68. The van der Waals surface area contributed by atoms with Gasteiger partial charge in [-0.1, -0.05) is 37.3 Å². The number of carbonyl (C=O) groups is 1. The third-order valence-electron chi connectivity index (χ3n) is 4.86. The minimum absolute atomic E-state index is 0.0501. The molecule has 2 aromatic rings. The van der Waals surface area contributed by atoms with Crippen molar-refractivity contribution in [2.24, 2.45) is 5.92 Å². The average molecular weight is 354 g/mol. The fourth-order valence-corrected chi connectivity index (χ4v) is 4.69. The lowest BCUT2D eigenvalue weighted by Gasteiger charge is -2.17. The van der Waals surface area contributed by atoms with Gasteiger partial charge in [0.1, 0.15) is 17.1 Å². The Balaban J connectivity index is 1.63. The number of nitriles is 1. The molecule has 4 nitrogen and oxygen atoms in total. The third-order valence-corrected chi connectivity index (χ3v) is 6.03. The SMILES string of the molecule is C[C@@H]1CCc2c(sc(NC(=O)C[NH2+][C@@H](C)c3ccccc3)c2C#N)C1. The Hall–Kier alpha value is -2.16. The Kier molecular flexibility index (Phi) is 5.52. The average Bonchev–Trinajstić information content (AvgIpc) is 2.96. The maximum Gasteiger partial charge on any atom is 0.280 e. The number of anilines is 1. The van der Waals surface area contributed by atoms with Crippen LogP contribution in [0, 0.1) is 17.2 Å². The largest absolute Gasteiger partial charge is 0.333 e. The van der Waals surface area contributed by atoms with Crippen molar-refractivity contribution in [1.82, 2.24) is 0 Å². The summed E-state index contributed by atoms with van der Waals surface area (Å²) in [6, 6.07) is 12.7. The molecule has 1 aromatic carbocycles. The maximum absolute atomic E-state index is 12.3. The standard InChI is InChI=1S/C20H23N3OS/c1-13-8-9-16-17(11-21)20(25-18(16)10-13)23-19(24)12-22-14(2)15-6-4-3-5-7-15/h3-7,13-14,22H,8-10,12H2,1-2H3,(H,23,24)/p+1/t13-,14+/m1/s1. The van der Waals surface area contributed by atoms with E-state index in [9.17, 15) is 10.1 Å². The molecule has 0 bridgehead atoms. The van der Waals surface area contributed by atoms with E-state index < -0.39 is 0 Å². The lowest BCUT2D eigenvalue weighted by molar-refractivity contribution is -0.682. The van der Waals surface area contributed by atoms with Crippen molar-refractivity contribution in [3.05, 3.63) is 51.9 Å². The summed E-state index contributed by atoms with van der Waals surface area (Å²) in [5.74, 6) is 0.604. The second-order valence-corrected chi connectivity index (χ2v) is 7.96. The van der Waals surface area contributed by atoms with E-state index in [0.717, 1.165) is 29.8 Å². The molecule has 3 rings (SSSR count). The molecule has 0 unspecified atom stereocenters. The molecule has 0 fully saturated rings. The molecule has 0 aliphatic heterocycles. The third kappa shape index (κ3) is 4.09. The molecule has 1 aliphatic rings. The molecule has 1 aromatic heterocycles. The molecule has 0 spiro atoms. The van der Waals surface area contributed by atoms with Gasteiger partial charge in [0.15, 0.2) is 6.54 Å². The van der Waals surface area contributed by atoms with Crippen LogP contribution < -0.4 is 10.6 Å². The number of hydrogen-bond donors (Lipinski definition) is 2. The lowest BCUT2D eigenvalue weighted by atomic mass is 9.89. The van der Waals surface area contributed by atoms with Gasteiger partial charge in [-0.05, 0) is 37.7 Å². The molecule has 1 amide bonds. The summed E-state index contributed by atoms with van der Waals surface area (Å²) >= 11 is 1.58. The van der Waals surface area contributed by atoms with Gasteiger partial charge in [-0.15, -0.1) is 11.3 Å². The minimum atomic E-state index is -0.0501. The van der Waals surface area contributed by atoms with Gasteiger partial charge < -0.3 is 10.6 Å². The van der Waals surface area contributed by atoms with Gasteiger partial charge in [0.05, 0.1) is 5.56 Å². The van der Waals surface area contributed by atoms with Crippen LogP contribution in [0.5, 0.6) is 0 Å². The predicted octanol–water partition coefficient (Wildman–Crippen LogP) is 3.01. The first-order chi connectivity index (χ1) is 12.1. The Labute approximate surface area is 152 Å². The van der Waals surface area contributed by atoms with E-state index in [0.29, 0.717) is 18.0 Å². The van der Waals surface area contributed by atoms with E-state index in [-0.39, 0.29) is 11.9 Å². The summed E-state index contributed by atoms with van der Waals surface area (Å²) in [5.41, 5.74) is 3.03. The predicted molar refractivity (Wildman–Crippen MR) is 101 cm³/mol. The van der Waals surface area contributed by atoms with Gasteiger partial charge in [-0.3, -0.25) is 4.79 Å². The van der Waals surface area contributed by atoms with Crippen LogP contribution in [0.25, 0.3) is 0 Å². The van der Waals surface area contributed by atoms with Crippen molar-refractivity contribution in [2.45, 2.75) is 39.2 Å². The highest BCUT2D eigenvalue weighted by Crippen LogP contribution is 2.39. The number of nitrogens with zero attached hydrogens (tertiary/aromatic N) is 1. The quantitative estimate of drug-likeness (QED) is 0.866. The summed E-state index contributed by atoms with van der Waals surface area (Å²) in [5, 5.41) is 15.2. The van der Waals surface area contributed by atoms with Crippen molar-refractivity contribution in [3.63, 3.8) is 0 Å². The highest BCUT2D eigenvalue weighted by Gasteiger charge is 2.25. The molecule has 25 heavy (non-hydrogen) atoms. The van der Waals surface area contributed by atoms with Crippen LogP contribution >= 0.6 is 11.3 Å². The minimum Gasteiger partial charge on any atom is -0.333 e. The lowest BCUT2D eigenvalue weighted by Crippen LogP contribution is -2.86. The second-order valence-electron chi connectivity index (χ2n) is 6.86. The molecule has 2 atom stereocenters. The first-order valence-corrected chi connectivity index (χ1v) is 9.63. The van der Waals surface area contributed by atoms with Crippen LogP contribution in [-0.2, 0) is 17.6 Å². The number of rotatable bonds is 5. The number of thiophene rings is 1. The van der Waals surface area contributed by atoms with Crippen LogP contribution in [0.2, 0.25) is 0 Å². The van der Waals surface area contributed by atoms with Crippen molar-refractivity contribution in [2.75, 3.05) is 11.9 Å². The first-order valence-electron chi connectivity index (χ1n) is 8.81. The Bertz CT molecular complexity index is 791. The molecular weight excluding hydrogens is 330 g/mol. The van der Waals surface area contributed by atoms with E-state index in [1.165, 1.54) is 10.4 Å². The van der Waals surface area contributed by atoms with Crippen molar-refractivity contribution >= 4 is 22.2 Å². The molecule has 130 valence electrons. The van der Waals surface area contributed by atoms with Crippen LogP contribution in [0.1, 0.15) is 47.9 Å². The van der Waals surface area contributed by atoms with E-state index >= 15 is 0 Å². The summed E-state index contributed by atoms with van der Waals surface area (Å²) in [6.07, 6.45) is 3.08. The highest BCUT2D eigenvalue weighted by atomic mass is 32.1. The van der Waals surface area contributed by atoms with Crippen molar-refractivity contribution in [1.29, 1.82) is 5.26 Å². The Morgan fingerprint density at radius 1 is 1.44 bits per heavy atom. The zero-order valence-electron chi connectivity index (χ0n) is 14.7. The fourth-order valence-electron chi connectivity index (χ4n) is 3.31. The van der Waals surface area contributed by atoms with Crippen LogP contribution in [0.3, 0.4) is 0 Å². The normalized spacial score (nSPS) is 17.4. The molecule has 1 aliphatic carbocycles. The summed E-state index contributed by atoms with van der Waals surface area (Å²) < 4.78 is 0. The van der Waals surface area contributed by atoms with Gasteiger partial charge in [-0.25, -0.2) is 0 Å². The molecule has 1 heterocycles. The van der Waals surface area contributed by atoms with Gasteiger partial charge in [0.25, 0.3) is 5.91 Å². The van der Waals surface area contributed by atoms with Crippen LogP contribution in [0.15, 0.2) is 30.3 Å². The van der Waals surface area contributed by atoms with Crippen LogP contribution in [-0.4, -0.2) is 12.5 Å². The molecule has 0 radical (unpaired) electrons. The number of quaternary nitrogens is 1. The van der Waals surface area contributed by atoms with Crippen LogP contribution in [0.4, 0.5) is 5.00 Å². The number of carbonyl (C=O) groups excluding carboxylic acids is 1. The van der Waals surface area contributed by atoms with Gasteiger partial charge >= 0.3 is 0 Å². The molecule has 0 saturated heterocycles. The molecule has 0 saturated carbocycles. The van der Waals surface area contributed by atoms with E-state index in [1.54, 1.807) is 11.3 Å². The van der Waals surface area contributed by atoms with Crippen molar-refractivity contribution < 1.29 is 10.1 Å². The van der Waals surface area contributed by atoms with Gasteiger partial charge in [-0.2, -0.15) is 5.26 Å². The van der Waals surface area contributed by atoms with E-state index in [2.05, 4.69) is 37.4 Å². The molecule has 3 N–H and O–H groups in total. The Morgan fingerprint density at radius 2 is 2.20 bits per heavy atom. The monoisotopic (exact) mass is 354 g/mol. The first kappa shape index (κ1) is 17.7. The number of benzene rings is 1. The zero-order chi connectivity index (χ0) is 17.8. The number of hydrogen-bond acceptors (Lipinski definition) is 3. The maximum atomic E-state index is 12.3. The van der Waals surface area contributed by atoms with Crippen molar-refractivity contribution in [3.8, 4) is 6.07 Å². The number of amides is 1. The topological polar surface area (TPSA) is 69.5 Å². The molecule has 5 heteroatoms. The zero-order valence-corrected chi connectivity index (χ0v) is 15.5. The Morgan fingerprint density at radius 3 is 2.92 bits per heavy atom. The van der Waals surface area contributed by atoms with Gasteiger partial charge in [0, 0.05) is 10.4 Å². The smallest absolute Gasteiger partial charge is 0.280 e. The second kappa shape index (κ2) is 7.81. The summed E-state index contributed by atoms with van der Waals surface area (Å²) in [4.78, 5) is 13.6. The molecular formula is C20H24N3OS+. The summed E-state index contributed by atoms with van der Waals surface area (Å²) in [7, 11) is 0. The van der Waals surface area contributed by atoms with Gasteiger partial charge in [0.2, 0.25) is 0 Å². The fraction of sp³-hybridized carbons (Fsp3) is 0.400. The number of fused-ring (bicyclic) bond motifs is 1. The van der Waals surface area contributed by atoms with E-state index in [1.807, 2.05) is 23.5 Å².